The van der Waals surface area contributed by atoms with Crippen molar-refractivity contribution in [3.05, 3.63) is 71.3 Å². The van der Waals surface area contributed by atoms with Crippen molar-refractivity contribution in [2.75, 3.05) is 18.8 Å². The second-order valence-electron chi connectivity index (χ2n) is 7.67. The van der Waals surface area contributed by atoms with E-state index in [0.717, 1.165) is 18.4 Å². The maximum absolute atomic E-state index is 13.0. The van der Waals surface area contributed by atoms with Crippen molar-refractivity contribution in [2.45, 2.75) is 32.1 Å². The number of hydroxylamine groups is 1. The number of hydrogen-bond donors (Lipinski definition) is 2. The first kappa shape index (κ1) is 21.5. The van der Waals surface area contributed by atoms with E-state index in [2.05, 4.69) is 19.1 Å². The van der Waals surface area contributed by atoms with Crippen LogP contribution in [-0.4, -0.2) is 42.7 Å². The molecule has 1 atom stereocenters. The number of benzene rings is 2. The lowest BCUT2D eigenvalue weighted by Crippen LogP contribution is -2.43. The summed E-state index contributed by atoms with van der Waals surface area (Å²) in [5.74, 6) is -1.49. The molecule has 0 radical (unpaired) electrons. The Bertz CT molecular complexity index is 923. The molecule has 0 bridgehead atoms. The van der Waals surface area contributed by atoms with Crippen molar-refractivity contribution in [3.8, 4) is 0 Å². The van der Waals surface area contributed by atoms with E-state index in [0.29, 0.717) is 19.0 Å². The van der Waals surface area contributed by atoms with Gasteiger partial charge < -0.3 is 0 Å². The molecule has 1 heterocycles. The fourth-order valence-corrected chi connectivity index (χ4v) is 5.82. The molecule has 2 aromatic carbocycles. The van der Waals surface area contributed by atoms with E-state index >= 15 is 0 Å². The van der Waals surface area contributed by atoms with Crippen LogP contribution in [0.25, 0.3) is 0 Å². The predicted molar refractivity (Wildman–Crippen MR) is 112 cm³/mol. The van der Waals surface area contributed by atoms with Gasteiger partial charge in [-0.1, -0.05) is 54.6 Å². The molecule has 6 nitrogen and oxygen atoms in total. The Morgan fingerprint density at radius 3 is 2.34 bits per heavy atom. The van der Waals surface area contributed by atoms with Gasteiger partial charge in [-0.05, 0) is 48.8 Å². The average Bonchev–Trinajstić information content (AvgIpc) is 2.74. The molecule has 0 spiro atoms. The number of piperidine rings is 1. The van der Waals surface area contributed by atoms with Crippen LogP contribution in [0.2, 0.25) is 0 Å². The number of nitrogens with one attached hydrogen (secondary N) is 1. The number of aryl methyl sites for hydroxylation is 1. The van der Waals surface area contributed by atoms with Crippen LogP contribution in [0.3, 0.4) is 0 Å². The topological polar surface area (TPSA) is 86.7 Å². The molecule has 3 rings (SSSR count). The van der Waals surface area contributed by atoms with E-state index in [-0.39, 0.29) is 12.2 Å². The number of carbonyl (C=O) groups excluding carboxylic acids is 1. The normalized spacial score (nSPS) is 17.0. The zero-order valence-corrected chi connectivity index (χ0v) is 17.4. The molecule has 0 aromatic heterocycles. The zero-order chi connectivity index (χ0) is 20.9. The molecule has 0 saturated carbocycles. The molecule has 2 N–H and O–H groups in total. The minimum absolute atomic E-state index is 0.256. The zero-order valence-electron chi connectivity index (χ0n) is 16.6. The van der Waals surface area contributed by atoms with Crippen LogP contribution in [-0.2, 0) is 21.2 Å². The van der Waals surface area contributed by atoms with Crippen molar-refractivity contribution >= 4 is 15.9 Å². The van der Waals surface area contributed by atoms with Crippen molar-refractivity contribution < 1.29 is 18.4 Å². The number of sulfonamides is 1. The van der Waals surface area contributed by atoms with E-state index in [1.165, 1.54) is 15.4 Å². The molecule has 29 heavy (non-hydrogen) atoms. The van der Waals surface area contributed by atoms with Gasteiger partial charge in [0.15, 0.2) is 0 Å². The monoisotopic (exact) mass is 416 g/mol. The van der Waals surface area contributed by atoms with Crippen LogP contribution in [0.1, 0.15) is 35.4 Å². The first-order chi connectivity index (χ1) is 13.9. The van der Waals surface area contributed by atoms with E-state index in [9.17, 15) is 13.2 Å². The summed E-state index contributed by atoms with van der Waals surface area (Å²) in [5.41, 5.74) is 5.00. The number of nitrogens with zero attached hydrogens (tertiary/aromatic N) is 1. The third-order valence-electron chi connectivity index (χ3n) is 5.69. The summed E-state index contributed by atoms with van der Waals surface area (Å²) in [6.07, 6.45) is 1.78. The van der Waals surface area contributed by atoms with Gasteiger partial charge in [-0.25, -0.2) is 18.2 Å². The largest absolute Gasteiger partial charge is 0.289 e. The summed E-state index contributed by atoms with van der Waals surface area (Å²) in [6.45, 7) is 2.97. The van der Waals surface area contributed by atoms with E-state index in [1.54, 1.807) is 5.48 Å². The summed E-state index contributed by atoms with van der Waals surface area (Å²) in [7, 11) is -3.61. The minimum Gasteiger partial charge on any atom is -0.289 e. The van der Waals surface area contributed by atoms with Crippen LogP contribution in [0, 0.1) is 12.8 Å². The van der Waals surface area contributed by atoms with Crippen molar-refractivity contribution in [2.24, 2.45) is 5.92 Å². The molecule has 2 aromatic rings. The highest BCUT2D eigenvalue weighted by atomic mass is 32.2. The smallest absolute Gasteiger partial charge is 0.247 e. The summed E-state index contributed by atoms with van der Waals surface area (Å²) in [4.78, 5) is 12.1. The maximum Gasteiger partial charge on any atom is 0.247 e. The molecule has 156 valence electrons. The summed E-state index contributed by atoms with van der Waals surface area (Å²) >= 11 is 0. The van der Waals surface area contributed by atoms with Crippen LogP contribution in [0.4, 0.5) is 0 Å². The summed E-state index contributed by atoms with van der Waals surface area (Å²) < 4.78 is 27.5. The number of rotatable bonds is 7. The Morgan fingerprint density at radius 2 is 1.72 bits per heavy atom. The lowest BCUT2D eigenvalue weighted by molar-refractivity contribution is -0.132. The summed E-state index contributed by atoms with van der Waals surface area (Å²) in [6, 6.07) is 17.5. The Kier molecular flexibility index (Phi) is 7.05. The fourth-order valence-electron chi connectivity index (χ4n) is 4.07. The van der Waals surface area contributed by atoms with Gasteiger partial charge in [0.05, 0.1) is 11.7 Å². The fraction of sp³-hybridized carbons (Fsp3) is 0.409. The molecular weight excluding hydrogens is 388 g/mol. The Hall–Kier alpha value is -2.22. The molecule has 1 unspecified atom stereocenters. The standard InChI is InChI=1S/C22H28N2O4S/c1-17-7-5-6-10-21(17)19-11-13-24(14-12-19)29(27,28)16-20(22(25)23-26)15-18-8-3-2-4-9-18/h2-10,19-20,26H,11-16H2,1H3,(H,23,25). The highest BCUT2D eigenvalue weighted by Crippen LogP contribution is 2.31. The third kappa shape index (κ3) is 5.44. The predicted octanol–water partition coefficient (Wildman–Crippen LogP) is 2.87. The van der Waals surface area contributed by atoms with Crippen molar-refractivity contribution in [1.82, 2.24) is 9.79 Å². The van der Waals surface area contributed by atoms with Gasteiger partial charge in [0.2, 0.25) is 15.9 Å². The highest BCUT2D eigenvalue weighted by molar-refractivity contribution is 7.89. The minimum atomic E-state index is -3.61. The molecule has 1 aliphatic heterocycles. The lowest BCUT2D eigenvalue weighted by atomic mass is 9.87. The molecule has 1 fully saturated rings. The second kappa shape index (κ2) is 9.52. The first-order valence-corrected chi connectivity index (χ1v) is 11.5. The number of carbonyl (C=O) groups is 1. The van der Waals surface area contributed by atoms with Gasteiger partial charge in [0, 0.05) is 13.1 Å². The molecule has 1 amide bonds. The Labute approximate surface area is 172 Å². The van der Waals surface area contributed by atoms with Gasteiger partial charge in [-0.3, -0.25) is 10.0 Å². The molecule has 0 aliphatic carbocycles. The van der Waals surface area contributed by atoms with E-state index < -0.39 is 21.8 Å². The van der Waals surface area contributed by atoms with Crippen LogP contribution in [0.15, 0.2) is 54.6 Å². The number of amides is 1. The van der Waals surface area contributed by atoms with Gasteiger partial charge in [-0.15, -0.1) is 0 Å². The Balaban J connectivity index is 1.66. The Morgan fingerprint density at radius 1 is 1.10 bits per heavy atom. The second-order valence-corrected chi connectivity index (χ2v) is 9.68. The van der Waals surface area contributed by atoms with Crippen molar-refractivity contribution in [3.63, 3.8) is 0 Å². The highest BCUT2D eigenvalue weighted by Gasteiger charge is 2.33. The number of hydrogen-bond acceptors (Lipinski definition) is 4. The van der Waals surface area contributed by atoms with Gasteiger partial charge >= 0.3 is 0 Å². The average molecular weight is 417 g/mol. The molecule has 1 saturated heterocycles. The third-order valence-corrected chi connectivity index (χ3v) is 7.67. The molecular formula is C22H28N2O4S. The maximum atomic E-state index is 13.0. The SMILES string of the molecule is Cc1ccccc1C1CCN(S(=O)(=O)CC(Cc2ccccc2)C(=O)NO)CC1. The quantitative estimate of drug-likeness (QED) is 0.537. The lowest BCUT2D eigenvalue weighted by Gasteiger charge is -2.32. The first-order valence-electron chi connectivity index (χ1n) is 9.92. The van der Waals surface area contributed by atoms with Gasteiger partial charge in [0.25, 0.3) is 0 Å². The summed E-state index contributed by atoms with van der Waals surface area (Å²) in [5, 5.41) is 9.07. The molecule has 1 aliphatic rings. The van der Waals surface area contributed by atoms with Crippen LogP contribution in [0.5, 0.6) is 0 Å². The van der Waals surface area contributed by atoms with Crippen LogP contribution < -0.4 is 5.48 Å². The van der Waals surface area contributed by atoms with E-state index in [4.69, 9.17) is 5.21 Å². The van der Waals surface area contributed by atoms with Gasteiger partial charge in [-0.2, -0.15) is 0 Å². The van der Waals surface area contributed by atoms with E-state index in [1.807, 2.05) is 42.5 Å². The van der Waals surface area contributed by atoms with Crippen molar-refractivity contribution in [1.29, 1.82) is 0 Å². The molecule has 7 heteroatoms. The van der Waals surface area contributed by atoms with Gasteiger partial charge in [0.1, 0.15) is 0 Å². The van der Waals surface area contributed by atoms with Crippen LogP contribution >= 0.6 is 0 Å².